The molecule has 0 N–H and O–H groups in total. The van der Waals surface area contributed by atoms with Gasteiger partial charge in [-0.3, -0.25) is 0 Å². The maximum absolute atomic E-state index is 11.2. The fourth-order valence-corrected chi connectivity index (χ4v) is 3.10. The second-order valence-electron chi connectivity index (χ2n) is 4.96. The number of carbonyl (C=O) groups excluding carboxylic acids is 1. The van der Waals surface area contributed by atoms with Crippen LogP contribution in [0.15, 0.2) is 12.2 Å². The largest absolute Gasteiger partial charge is 0.458 e. The number of fused-ring (bicyclic) bond motifs is 1. The summed E-state index contributed by atoms with van der Waals surface area (Å²) in [5.74, 6) is 2.11. The molecule has 1 saturated carbocycles. The van der Waals surface area contributed by atoms with Gasteiger partial charge in [-0.2, -0.15) is 0 Å². The summed E-state index contributed by atoms with van der Waals surface area (Å²) in [7, 11) is 0. The van der Waals surface area contributed by atoms with Crippen molar-refractivity contribution in [3.63, 3.8) is 0 Å². The zero-order valence-corrected chi connectivity index (χ0v) is 9.07. The Morgan fingerprint density at radius 1 is 1.50 bits per heavy atom. The highest BCUT2D eigenvalue weighted by molar-refractivity contribution is 5.83. The molecule has 0 unspecified atom stereocenters. The number of hydrogen-bond donors (Lipinski definition) is 0. The van der Waals surface area contributed by atoms with E-state index < -0.39 is 0 Å². The number of ether oxygens (including phenoxy) is 1. The van der Waals surface area contributed by atoms with Gasteiger partial charge in [0.25, 0.3) is 0 Å². The zero-order chi connectivity index (χ0) is 10.3. The molecule has 0 spiro atoms. The molecule has 0 aromatic rings. The molecule has 78 valence electrons. The molecule has 0 radical (unpaired) electrons. The van der Waals surface area contributed by atoms with Gasteiger partial charge in [-0.15, -0.1) is 0 Å². The van der Waals surface area contributed by atoms with Crippen LogP contribution < -0.4 is 0 Å². The summed E-state index contributed by atoms with van der Waals surface area (Å²) in [6, 6.07) is 0. The number of esters is 1. The lowest BCUT2D eigenvalue weighted by Crippen LogP contribution is -2.33. The SMILES string of the molecule is CC(C)[C@H]1[C@H]2OC(=O)C=C[C@H]2C[C@@H]1C. The second-order valence-corrected chi connectivity index (χ2v) is 4.96. The van der Waals surface area contributed by atoms with E-state index in [9.17, 15) is 4.79 Å². The van der Waals surface area contributed by atoms with Crippen LogP contribution in [0.3, 0.4) is 0 Å². The van der Waals surface area contributed by atoms with Crippen LogP contribution in [-0.4, -0.2) is 12.1 Å². The minimum atomic E-state index is -0.161. The minimum Gasteiger partial charge on any atom is -0.458 e. The molecule has 1 aliphatic carbocycles. The normalized spacial score (nSPS) is 41.3. The summed E-state index contributed by atoms with van der Waals surface area (Å²) in [6.07, 6.45) is 4.92. The van der Waals surface area contributed by atoms with Crippen LogP contribution in [0.1, 0.15) is 27.2 Å². The maximum atomic E-state index is 11.2. The Morgan fingerprint density at radius 3 is 2.86 bits per heavy atom. The van der Waals surface area contributed by atoms with Gasteiger partial charge < -0.3 is 4.74 Å². The maximum Gasteiger partial charge on any atom is 0.330 e. The summed E-state index contributed by atoms with van der Waals surface area (Å²) in [5.41, 5.74) is 0. The predicted octanol–water partition coefficient (Wildman–Crippen LogP) is 2.40. The van der Waals surface area contributed by atoms with Gasteiger partial charge in [0.15, 0.2) is 0 Å². The third kappa shape index (κ3) is 1.47. The Morgan fingerprint density at radius 2 is 2.21 bits per heavy atom. The van der Waals surface area contributed by atoms with E-state index in [0.29, 0.717) is 23.7 Å². The van der Waals surface area contributed by atoms with Crippen LogP contribution in [-0.2, 0) is 9.53 Å². The summed E-state index contributed by atoms with van der Waals surface area (Å²) >= 11 is 0. The monoisotopic (exact) mass is 194 g/mol. The molecule has 1 aliphatic heterocycles. The van der Waals surface area contributed by atoms with Crippen LogP contribution in [0.2, 0.25) is 0 Å². The van der Waals surface area contributed by atoms with Crippen molar-refractivity contribution in [1.82, 2.24) is 0 Å². The highest BCUT2D eigenvalue weighted by atomic mass is 16.5. The van der Waals surface area contributed by atoms with Gasteiger partial charge in [-0.05, 0) is 18.3 Å². The van der Waals surface area contributed by atoms with Gasteiger partial charge in [0, 0.05) is 17.9 Å². The summed E-state index contributed by atoms with van der Waals surface area (Å²) in [5, 5.41) is 0. The van der Waals surface area contributed by atoms with E-state index in [1.807, 2.05) is 6.08 Å². The van der Waals surface area contributed by atoms with Crippen LogP contribution >= 0.6 is 0 Å². The van der Waals surface area contributed by atoms with Crippen molar-refractivity contribution < 1.29 is 9.53 Å². The van der Waals surface area contributed by atoms with Gasteiger partial charge in [-0.25, -0.2) is 4.79 Å². The van der Waals surface area contributed by atoms with E-state index in [1.165, 1.54) is 0 Å². The topological polar surface area (TPSA) is 26.3 Å². The first kappa shape index (κ1) is 9.75. The molecular weight excluding hydrogens is 176 g/mol. The zero-order valence-electron chi connectivity index (χ0n) is 9.07. The lowest BCUT2D eigenvalue weighted by molar-refractivity contribution is -0.148. The number of rotatable bonds is 1. The highest BCUT2D eigenvalue weighted by Gasteiger charge is 2.44. The van der Waals surface area contributed by atoms with E-state index in [0.717, 1.165) is 6.42 Å². The quantitative estimate of drug-likeness (QED) is 0.599. The predicted molar refractivity (Wildman–Crippen MR) is 54.6 cm³/mol. The highest BCUT2D eigenvalue weighted by Crippen LogP contribution is 2.44. The van der Waals surface area contributed by atoms with Crippen molar-refractivity contribution in [2.75, 3.05) is 0 Å². The Labute approximate surface area is 85.3 Å². The molecule has 14 heavy (non-hydrogen) atoms. The Balaban J connectivity index is 2.21. The molecule has 0 amide bonds. The van der Waals surface area contributed by atoms with Crippen molar-refractivity contribution in [2.45, 2.75) is 33.3 Å². The molecule has 1 heterocycles. The van der Waals surface area contributed by atoms with Crippen molar-refractivity contribution in [1.29, 1.82) is 0 Å². The van der Waals surface area contributed by atoms with Crippen molar-refractivity contribution in [3.8, 4) is 0 Å². The Hall–Kier alpha value is -0.790. The average Bonchev–Trinajstić information content (AvgIpc) is 2.40. The molecule has 0 bridgehead atoms. The van der Waals surface area contributed by atoms with E-state index >= 15 is 0 Å². The fraction of sp³-hybridized carbons (Fsp3) is 0.750. The summed E-state index contributed by atoms with van der Waals surface area (Å²) < 4.78 is 5.43. The van der Waals surface area contributed by atoms with Crippen LogP contribution in [0.5, 0.6) is 0 Å². The van der Waals surface area contributed by atoms with Gasteiger partial charge in [0.1, 0.15) is 6.10 Å². The molecule has 2 heteroatoms. The summed E-state index contributed by atoms with van der Waals surface area (Å²) in [6.45, 7) is 6.70. The standard InChI is InChI=1S/C12H18O2/c1-7(2)11-8(3)6-9-4-5-10(13)14-12(9)11/h4-5,7-9,11-12H,6H2,1-3H3/t8-,9-,11+,12-/m0/s1. The molecule has 0 aromatic heterocycles. The molecular formula is C12H18O2. The second kappa shape index (κ2) is 3.41. The van der Waals surface area contributed by atoms with Crippen molar-refractivity contribution >= 4 is 5.97 Å². The fourth-order valence-electron chi connectivity index (χ4n) is 3.10. The number of hydrogen-bond acceptors (Lipinski definition) is 2. The van der Waals surface area contributed by atoms with Crippen LogP contribution in [0, 0.1) is 23.7 Å². The smallest absolute Gasteiger partial charge is 0.330 e. The van der Waals surface area contributed by atoms with E-state index in [2.05, 4.69) is 20.8 Å². The molecule has 2 nitrogen and oxygen atoms in total. The third-order valence-electron chi connectivity index (χ3n) is 3.60. The molecule has 0 saturated heterocycles. The van der Waals surface area contributed by atoms with Gasteiger partial charge in [0.2, 0.25) is 0 Å². The Bertz CT molecular complexity index is 267. The first-order valence-electron chi connectivity index (χ1n) is 5.48. The van der Waals surface area contributed by atoms with Crippen molar-refractivity contribution in [2.24, 2.45) is 23.7 Å². The average molecular weight is 194 g/mol. The van der Waals surface area contributed by atoms with Gasteiger partial charge >= 0.3 is 5.97 Å². The molecule has 4 atom stereocenters. The van der Waals surface area contributed by atoms with E-state index in [-0.39, 0.29) is 12.1 Å². The lowest BCUT2D eigenvalue weighted by Gasteiger charge is -2.29. The summed E-state index contributed by atoms with van der Waals surface area (Å²) in [4.78, 5) is 11.2. The first-order chi connectivity index (χ1) is 6.59. The first-order valence-corrected chi connectivity index (χ1v) is 5.48. The van der Waals surface area contributed by atoms with Gasteiger partial charge in [-0.1, -0.05) is 26.8 Å². The molecule has 2 aliphatic rings. The molecule has 1 fully saturated rings. The Kier molecular flexibility index (Phi) is 2.38. The van der Waals surface area contributed by atoms with E-state index in [4.69, 9.17) is 4.74 Å². The number of carbonyl (C=O) groups is 1. The van der Waals surface area contributed by atoms with E-state index in [1.54, 1.807) is 6.08 Å². The van der Waals surface area contributed by atoms with Crippen molar-refractivity contribution in [3.05, 3.63) is 12.2 Å². The molecule has 0 aromatic carbocycles. The third-order valence-corrected chi connectivity index (χ3v) is 3.60. The minimum absolute atomic E-state index is 0.141. The van der Waals surface area contributed by atoms with Crippen LogP contribution in [0.4, 0.5) is 0 Å². The lowest BCUT2D eigenvalue weighted by atomic mass is 9.85. The van der Waals surface area contributed by atoms with Crippen LogP contribution in [0.25, 0.3) is 0 Å². The van der Waals surface area contributed by atoms with Gasteiger partial charge in [0.05, 0.1) is 0 Å². The molecule has 2 rings (SSSR count).